The Morgan fingerprint density at radius 2 is 1.83 bits per heavy atom. The van der Waals surface area contributed by atoms with E-state index in [-0.39, 0.29) is 5.78 Å². The fourth-order valence-corrected chi connectivity index (χ4v) is 2.65. The lowest BCUT2D eigenvalue weighted by Gasteiger charge is -2.05. The van der Waals surface area contributed by atoms with Gasteiger partial charge in [0.2, 0.25) is 0 Å². The molecule has 0 atom stereocenters. The number of benzene rings is 2. The van der Waals surface area contributed by atoms with Crippen LogP contribution in [0.25, 0.3) is 22.2 Å². The molecule has 4 nitrogen and oxygen atoms in total. The molecule has 0 fully saturated rings. The fraction of sp³-hybridized carbons (Fsp3) is 0.158. The number of carbonyl (C=O) groups is 2. The van der Waals surface area contributed by atoms with Crippen molar-refractivity contribution >= 4 is 22.7 Å². The molecule has 0 radical (unpaired) electrons. The molecule has 3 rings (SSSR count). The molecule has 0 saturated carbocycles. The van der Waals surface area contributed by atoms with Crippen molar-refractivity contribution in [2.45, 2.75) is 13.8 Å². The number of ether oxygens (including phenoxy) is 1. The Bertz CT molecular complexity index is 878. The van der Waals surface area contributed by atoms with E-state index >= 15 is 0 Å². The van der Waals surface area contributed by atoms with Gasteiger partial charge in [0.05, 0.1) is 17.9 Å². The summed E-state index contributed by atoms with van der Waals surface area (Å²) in [5, 5.41) is 0.704. The number of ketones is 1. The van der Waals surface area contributed by atoms with Gasteiger partial charge in [0.15, 0.2) is 5.78 Å². The van der Waals surface area contributed by atoms with Crippen molar-refractivity contribution in [3.05, 3.63) is 59.7 Å². The summed E-state index contributed by atoms with van der Waals surface area (Å²) in [7, 11) is 0. The number of Topliss-reactive ketones (excluding diaryl/α,β-unsaturated/α-hetero) is 1. The topological polar surface area (TPSA) is 59.2 Å². The van der Waals surface area contributed by atoms with Crippen LogP contribution in [0.2, 0.25) is 0 Å². The number of hydrogen-bond donors (Lipinski definition) is 1. The molecule has 0 aliphatic rings. The Labute approximate surface area is 134 Å². The molecule has 0 aliphatic heterocycles. The van der Waals surface area contributed by atoms with Crippen LogP contribution in [0, 0.1) is 0 Å². The normalized spacial score (nSPS) is 10.7. The number of H-pyrrole nitrogens is 1. The molecule has 2 aromatic carbocycles. The SMILES string of the molecule is CCOC(=O)c1c(-c2ccccc2)[nH]c2ccc(C(C)=O)cc12. The van der Waals surface area contributed by atoms with E-state index in [1.807, 2.05) is 36.4 Å². The van der Waals surface area contributed by atoms with Gasteiger partial charge in [-0.2, -0.15) is 0 Å². The first-order chi connectivity index (χ1) is 11.1. The summed E-state index contributed by atoms with van der Waals surface area (Å²) in [6.07, 6.45) is 0. The van der Waals surface area contributed by atoms with Crippen LogP contribution >= 0.6 is 0 Å². The van der Waals surface area contributed by atoms with Crippen LogP contribution in [0.15, 0.2) is 48.5 Å². The van der Waals surface area contributed by atoms with Gasteiger partial charge in [-0.15, -0.1) is 0 Å². The molecule has 3 aromatic rings. The van der Waals surface area contributed by atoms with Gasteiger partial charge in [-0.1, -0.05) is 30.3 Å². The smallest absolute Gasteiger partial charge is 0.340 e. The van der Waals surface area contributed by atoms with Gasteiger partial charge in [-0.3, -0.25) is 4.79 Å². The van der Waals surface area contributed by atoms with Crippen molar-refractivity contribution in [3.63, 3.8) is 0 Å². The van der Waals surface area contributed by atoms with E-state index in [4.69, 9.17) is 4.74 Å². The maximum atomic E-state index is 12.5. The maximum Gasteiger partial charge on any atom is 0.340 e. The summed E-state index contributed by atoms with van der Waals surface area (Å²) in [4.78, 5) is 27.4. The van der Waals surface area contributed by atoms with Gasteiger partial charge in [0.1, 0.15) is 0 Å². The third-order valence-corrected chi connectivity index (χ3v) is 3.75. The zero-order valence-corrected chi connectivity index (χ0v) is 13.1. The third kappa shape index (κ3) is 2.75. The van der Waals surface area contributed by atoms with Crippen LogP contribution in [0.1, 0.15) is 34.6 Å². The number of hydrogen-bond acceptors (Lipinski definition) is 3. The zero-order chi connectivity index (χ0) is 16.4. The van der Waals surface area contributed by atoms with Crippen LogP contribution < -0.4 is 0 Å². The van der Waals surface area contributed by atoms with Crippen LogP contribution in [0.4, 0.5) is 0 Å². The minimum absolute atomic E-state index is 0.0378. The number of esters is 1. The molecule has 0 amide bonds. The molecule has 1 N–H and O–H groups in total. The Morgan fingerprint density at radius 3 is 2.48 bits per heavy atom. The van der Waals surface area contributed by atoms with E-state index in [2.05, 4.69) is 4.98 Å². The molecular formula is C19H17NO3. The van der Waals surface area contributed by atoms with Gasteiger partial charge in [0.25, 0.3) is 0 Å². The molecule has 23 heavy (non-hydrogen) atoms. The Morgan fingerprint density at radius 1 is 1.09 bits per heavy atom. The standard InChI is InChI=1S/C19H17NO3/c1-3-23-19(22)17-15-11-14(12(2)21)9-10-16(15)20-18(17)13-7-5-4-6-8-13/h4-11,20H,3H2,1-2H3. The molecule has 0 aliphatic carbocycles. The minimum Gasteiger partial charge on any atom is -0.462 e. The summed E-state index contributed by atoms with van der Waals surface area (Å²) in [5.41, 5.74) is 3.45. The number of rotatable bonds is 4. The maximum absolute atomic E-state index is 12.5. The second-order valence-electron chi connectivity index (χ2n) is 5.28. The first-order valence-corrected chi connectivity index (χ1v) is 7.51. The van der Waals surface area contributed by atoms with Crippen LogP contribution in [0.3, 0.4) is 0 Å². The van der Waals surface area contributed by atoms with Crippen LogP contribution in [-0.4, -0.2) is 23.3 Å². The Kier molecular flexibility index (Phi) is 3.98. The van der Waals surface area contributed by atoms with Gasteiger partial charge in [-0.05, 0) is 37.6 Å². The number of fused-ring (bicyclic) bond motifs is 1. The van der Waals surface area contributed by atoms with Crippen LogP contribution in [-0.2, 0) is 4.74 Å². The number of aromatic amines is 1. The molecule has 0 bridgehead atoms. The zero-order valence-electron chi connectivity index (χ0n) is 13.1. The summed E-state index contributed by atoms with van der Waals surface area (Å²) in [6.45, 7) is 3.58. The first-order valence-electron chi connectivity index (χ1n) is 7.51. The van der Waals surface area contributed by atoms with Crippen molar-refractivity contribution in [3.8, 4) is 11.3 Å². The molecule has 0 spiro atoms. The van der Waals surface area contributed by atoms with E-state index in [1.165, 1.54) is 6.92 Å². The average molecular weight is 307 g/mol. The van der Waals surface area contributed by atoms with E-state index in [9.17, 15) is 9.59 Å². The van der Waals surface area contributed by atoms with E-state index in [0.29, 0.717) is 28.8 Å². The molecule has 4 heteroatoms. The van der Waals surface area contributed by atoms with Crippen molar-refractivity contribution in [1.82, 2.24) is 4.98 Å². The number of carbonyl (C=O) groups excluding carboxylic acids is 2. The Balaban J connectivity index is 2.29. The minimum atomic E-state index is -0.390. The molecule has 116 valence electrons. The Hall–Kier alpha value is -2.88. The third-order valence-electron chi connectivity index (χ3n) is 3.75. The van der Waals surface area contributed by atoms with Crippen molar-refractivity contribution in [2.24, 2.45) is 0 Å². The molecular weight excluding hydrogens is 290 g/mol. The predicted molar refractivity (Wildman–Crippen MR) is 89.7 cm³/mol. The van der Waals surface area contributed by atoms with Crippen molar-refractivity contribution in [1.29, 1.82) is 0 Å². The van der Waals surface area contributed by atoms with Crippen molar-refractivity contribution < 1.29 is 14.3 Å². The van der Waals surface area contributed by atoms with E-state index < -0.39 is 5.97 Å². The molecule has 0 saturated heterocycles. The second kappa shape index (κ2) is 6.08. The second-order valence-corrected chi connectivity index (χ2v) is 5.28. The van der Waals surface area contributed by atoms with Crippen molar-refractivity contribution in [2.75, 3.05) is 6.61 Å². The lowest BCUT2D eigenvalue weighted by atomic mass is 10.0. The highest BCUT2D eigenvalue weighted by Crippen LogP contribution is 2.31. The van der Waals surface area contributed by atoms with Gasteiger partial charge in [0, 0.05) is 16.5 Å². The average Bonchev–Trinajstić information content (AvgIpc) is 2.94. The van der Waals surface area contributed by atoms with Gasteiger partial charge >= 0.3 is 5.97 Å². The molecule has 1 heterocycles. The highest BCUT2D eigenvalue weighted by atomic mass is 16.5. The van der Waals surface area contributed by atoms with E-state index in [1.54, 1.807) is 19.1 Å². The monoisotopic (exact) mass is 307 g/mol. The quantitative estimate of drug-likeness (QED) is 0.580. The van der Waals surface area contributed by atoms with Gasteiger partial charge in [-0.25, -0.2) is 4.79 Å². The van der Waals surface area contributed by atoms with Gasteiger partial charge < -0.3 is 9.72 Å². The summed E-state index contributed by atoms with van der Waals surface area (Å²) in [5.74, 6) is -0.428. The summed E-state index contributed by atoms with van der Waals surface area (Å²) < 4.78 is 5.21. The van der Waals surface area contributed by atoms with Crippen LogP contribution in [0.5, 0.6) is 0 Å². The molecule has 0 unspecified atom stereocenters. The largest absolute Gasteiger partial charge is 0.462 e. The summed E-state index contributed by atoms with van der Waals surface area (Å²) in [6, 6.07) is 14.9. The molecule has 1 aromatic heterocycles. The lowest BCUT2D eigenvalue weighted by molar-refractivity contribution is 0.0529. The summed E-state index contributed by atoms with van der Waals surface area (Å²) >= 11 is 0. The number of nitrogens with one attached hydrogen (secondary N) is 1. The predicted octanol–water partition coefficient (Wildman–Crippen LogP) is 4.21. The first kappa shape index (κ1) is 15.0. The van der Waals surface area contributed by atoms with E-state index in [0.717, 1.165) is 11.1 Å². The fourth-order valence-electron chi connectivity index (χ4n) is 2.65. The highest BCUT2D eigenvalue weighted by molar-refractivity contribution is 6.11. The number of aromatic nitrogens is 1. The lowest BCUT2D eigenvalue weighted by Crippen LogP contribution is -2.05. The highest BCUT2D eigenvalue weighted by Gasteiger charge is 2.21.